The fourth-order valence-corrected chi connectivity index (χ4v) is 3.08. The molecule has 1 N–H and O–H groups in total. The first-order valence-electron chi connectivity index (χ1n) is 7.80. The second kappa shape index (κ2) is 6.85. The van der Waals surface area contributed by atoms with Crippen LogP contribution < -0.4 is 0 Å². The Balaban J connectivity index is 2.30. The molecule has 0 radical (unpaired) electrons. The number of carbonyl (C=O) groups excluding carboxylic acids is 1. The molecule has 1 saturated heterocycles. The Morgan fingerprint density at radius 3 is 2.41 bits per heavy atom. The van der Waals surface area contributed by atoms with Crippen molar-refractivity contribution in [3.8, 4) is 0 Å². The minimum Gasteiger partial charge on any atom is -0.465 e. The van der Waals surface area contributed by atoms with Gasteiger partial charge in [0, 0.05) is 25.4 Å². The molecule has 1 fully saturated rings. The second-order valence-corrected chi connectivity index (χ2v) is 5.83. The Morgan fingerprint density at radius 2 is 1.86 bits per heavy atom. The summed E-state index contributed by atoms with van der Waals surface area (Å²) < 4.78 is 0. The molecule has 2 heterocycles. The molecule has 0 aliphatic carbocycles. The SMILES string of the molecule is CCCC(=O)c1c(C)nc(C)nc1C1CCN(C(=O)O)CC1. The van der Waals surface area contributed by atoms with Gasteiger partial charge in [0.1, 0.15) is 5.82 Å². The van der Waals surface area contributed by atoms with Crippen molar-refractivity contribution in [2.45, 2.75) is 52.4 Å². The van der Waals surface area contributed by atoms with Crippen molar-refractivity contribution in [3.63, 3.8) is 0 Å². The summed E-state index contributed by atoms with van der Waals surface area (Å²) in [5.41, 5.74) is 2.20. The smallest absolute Gasteiger partial charge is 0.407 e. The molecule has 22 heavy (non-hydrogen) atoms. The zero-order valence-electron chi connectivity index (χ0n) is 13.4. The lowest BCUT2D eigenvalue weighted by atomic mass is 9.88. The van der Waals surface area contributed by atoms with Crippen molar-refractivity contribution >= 4 is 11.9 Å². The molecule has 1 amide bonds. The number of carboxylic acid groups (broad SMARTS) is 1. The van der Waals surface area contributed by atoms with E-state index in [1.165, 1.54) is 4.90 Å². The first kappa shape index (κ1) is 16.4. The number of Topliss-reactive ketones (excluding diaryl/α,β-unsaturated/α-hetero) is 1. The third kappa shape index (κ3) is 3.43. The summed E-state index contributed by atoms with van der Waals surface area (Å²) in [6, 6.07) is 0. The van der Waals surface area contributed by atoms with Crippen LogP contribution in [0.1, 0.15) is 66.1 Å². The first-order valence-corrected chi connectivity index (χ1v) is 7.80. The number of piperidine rings is 1. The van der Waals surface area contributed by atoms with Crippen LogP contribution in [0.2, 0.25) is 0 Å². The Bertz CT molecular complexity index is 578. The summed E-state index contributed by atoms with van der Waals surface area (Å²) in [6.45, 7) is 6.64. The zero-order valence-corrected chi connectivity index (χ0v) is 13.4. The first-order chi connectivity index (χ1) is 10.4. The highest BCUT2D eigenvalue weighted by Crippen LogP contribution is 2.31. The zero-order chi connectivity index (χ0) is 16.3. The van der Waals surface area contributed by atoms with E-state index in [0.717, 1.165) is 17.8 Å². The van der Waals surface area contributed by atoms with Gasteiger partial charge >= 0.3 is 6.09 Å². The summed E-state index contributed by atoms with van der Waals surface area (Å²) in [5.74, 6) is 0.892. The van der Waals surface area contributed by atoms with Crippen LogP contribution in [0.3, 0.4) is 0 Å². The Morgan fingerprint density at radius 1 is 1.23 bits per heavy atom. The Labute approximate surface area is 130 Å². The second-order valence-electron chi connectivity index (χ2n) is 5.83. The van der Waals surface area contributed by atoms with E-state index in [1.807, 2.05) is 20.8 Å². The molecule has 0 saturated carbocycles. The number of hydrogen-bond acceptors (Lipinski definition) is 4. The molecule has 0 spiro atoms. The molecular formula is C16H23N3O3. The van der Waals surface area contributed by atoms with Crippen LogP contribution in [-0.4, -0.2) is 44.9 Å². The molecule has 1 aromatic rings. The number of aryl methyl sites for hydroxylation is 2. The van der Waals surface area contributed by atoms with E-state index >= 15 is 0 Å². The van der Waals surface area contributed by atoms with Crippen molar-refractivity contribution in [1.29, 1.82) is 0 Å². The topological polar surface area (TPSA) is 83.4 Å². The molecule has 1 aliphatic heterocycles. The summed E-state index contributed by atoms with van der Waals surface area (Å²) in [7, 11) is 0. The van der Waals surface area contributed by atoms with Crippen molar-refractivity contribution in [3.05, 3.63) is 22.8 Å². The third-order valence-electron chi connectivity index (χ3n) is 4.14. The quantitative estimate of drug-likeness (QED) is 0.865. The minimum absolute atomic E-state index is 0.0932. The predicted molar refractivity (Wildman–Crippen MR) is 82.3 cm³/mol. The number of hydrogen-bond donors (Lipinski definition) is 1. The number of likely N-dealkylation sites (tertiary alicyclic amines) is 1. The Hall–Kier alpha value is -1.98. The maximum Gasteiger partial charge on any atom is 0.407 e. The van der Waals surface area contributed by atoms with Crippen LogP contribution >= 0.6 is 0 Å². The third-order valence-corrected chi connectivity index (χ3v) is 4.14. The van der Waals surface area contributed by atoms with Gasteiger partial charge in [0.2, 0.25) is 0 Å². The molecule has 6 nitrogen and oxygen atoms in total. The van der Waals surface area contributed by atoms with Gasteiger partial charge in [0.15, 0.2) is 5.78 Å². The van der Waals surface area contributed by atoms with Crippen LogP contribution in [0.15, 0.2) is 0 Å². The molecule has 1 aliphatic rings. The van der Waals surface area contributed by atoms with Gasteiger partial charge in [-0.2, -0.15) is 0 Å². The number of rotatable bonds is 4. The van der Waals surface area contributed by atoms with Crippen molar-refractivity contribution in [2.24, 2.45) is 0 Å². The van der Waals surface area contributed by atoms with Gasteiger partial charge in [-0.25, -0.2) is 14.8 Å². The number of ketones is 1. The van der Waals surface area contributed by atoms with Crippen LogP contribution in [0.5, 0.6) is 0 Å². The van der Waals surface area contributed by atoms with Gasteiger partial charge < -0.3 is 10.0 Å². The average Bonchev–Trinajstić information content (AvgIpc) is 2.46. The predicted octanol–water partition coefficient (Wildman–Crippen LogP) is 2.93. The highest BCUT2D eigenvalue weighted by molar-refractivity contribution is 5.98. The lowest BCUT2D eigenvalue weighted by Gasteiger charge is -2.30. The van der Waals surface area contributed by atoms with Crippen LogP contribution in [-0.2, 0) is 0 Å². The van der Waals surface area contributed by atoms with Crippen molar-refractivity contribution in [2.75, 3.05) is 13.1 Å². The fourth-order valence-electron chi connectivity index (χ4n) is 3.08. The molecule has 2 rings (SSSR count). The lowest BCUT2D eigenvalue weighted by Crippen LogP contribution is -2.37. The van der Waals surface area contributed by atoms with E-state index in [4.69, 9.17) is 5.11 Å². The molecule has 0 atom stereocenters. The molecule has 120 valence electrons. The maximum atomic E-state index is 12.4. The summed E-state index contributed by atoms with van der Waals surface area (Å²) in [4.78, 5) is 33.7. The molecular weight excluding hydrogens is 282 g/mol. The molecule has 1 aromatic heterocycles. The van der Waals surface area contributed by atoms with Crippen molar-refractivity contribution in [1.82, 2.24) is 14.9 Å². The minimum atomic E-state index is -0.879. The number of aromatic nitrogens is 2. The summed E-state index contributed by atoms with van der Waals surface area (Å²) in [5, 5.41) is 9.04. The van der Waals surface area contributed by atoms with Gasteiger partial charge in [0.05, 0.1) is 17.0 Å². The van der Waals surface area contributed by atoms with Crippen LogP contribution in [0.25, 0.3) is 0 Å². The van der Waals surface area contributed by atoms with Crippen molar-refractivity contribution < 1.29 is 14.7 Å². The number of nitrogens with zero attached hydrogens (tertiary/aromatic N) is 3. The van der Waals surface area contributed by atoms with E-state index in [9.17, 15) is 9.59 Å². The van der Waals surface area contributed by atoms with Gasteiger partial charge in [-0.3, -0.25) is 4.79 Å². The van der Waals surface area contributed by atoms with Gasteiger partial charge in [-0.15, -0.1) is 0 Å². The molecule has 0 unspecified atom stereocenters. The molecule has 0 aromatic carbocycles. The highest BCUT2D eigenvalue weighted by atomic mass is 16.4. The van der Waals surface area contributed by atoms with E-state index in [2.05, 4.69) is 9.97 Å². The van der Waals surface area contributed by atoms with Gasteiger partial charge in [0.25, 0.3) is 0 Å². The largest absolute Gasteiger partial charge is 0.465 e. The number of carbonyl (C=O) groups is 2. The standard InChI is InChI=1S/C16H23N3O3/c1-4-5-13(20)14-10(2)17-11(3)18-15(14)12-6-8-19(9-7-12)16(21)22/h12H,4-9H2,1-3H3,(H,21,22). The van der Waals surface area contributed by atoms with E-state index in [0.29, 0.717) is 43.7 Å². The van der Waals surface area contributed by atoms with Crippen LogP contribution in [0, 0.1) is 13.8 Å². The highest BCUT2D eigenvalue weighted by Gasteiger charge is 2.28. The van der Waals surface area contributed by atoms with Crippen LogP contribution in [0.4, 0.5) is 4.79 Å². The van der Waals surface area contributed by atoms with E-state index in [-0.39, 0.29) is 11.7 Å². The summed E-state index contributed by atoms with van der Waals surface area (Å²) in [6.07, 6.45) is 1.82. The normalized spacial score (nSPS) is 15.9. The van der Waals surface area contributed by atoms with E-state index < -0.39 is 6.09 Å². The number of amides is 1. The van der Waals surface area contributed by atoms with E-state index in [1.54, 1.807) is 0 Å². The maximum absolute atomic E-state index is 12.4. The average molecular weight is 305 g/mol. The lowest BCUT2D eigenvalue weighted by molar-refractivity contribution is 0.0976. The Kier molecular flexibility index (Phi) is 5.11. The molecule has 0 bridgehead atoms. The summed E-state index contributed by atoms with van der Waals surface area (Å²) >= 11 is 0. The fraction of sp³-hybridized carbons (Fsp3) is 0.625. The van der Waals surface area contributed by atoms with Gasteiger partial charge in [-0.1, -0.05) is 6.92 Å². The van der Waals surface area contributed by atoms with Gasteiger partial charge in [-0.05, 0) is 33.1 Å². The molecule has 6 heteroatoms. The monoisotopic (exact) mass is 305 g/mol.